The molecule has 0 fully saturated rings. The molecule has 0 aliphatic heterocycles. The van der Waals surface area contributed by atoms with Gasteiger partial charge in [-0.2, -0.15) is 5.26 Å². The second-order valence-electron chi connectivity index (χ2n) is 2.73. The maximum absolute atomic E-state index is 8.70. The fraction of sp³-hybridized carbons (Fsp3) is 0.0909. The second kappa shape index (κ2) is 4.83. The molecule has 14 heavy (non-hydrogen) atoms. The highest BCUT2D eigenvalue weighted by Gasteiger charge is 1.98. The van der Waals surface area contributed by atoms with E-state index >= 15 is 0 Å². The van der Waals surface area contributed by atoms with E-state index < -0.39 is 0 Å². The van der Waals surface area contributed by atoms with Gasteiger partial charge in [-0.15, -0.1) is 0 Å². The third kappa shape index (κ3) is 2.20. The highest BCUT2D eigenvalue weighted by Crippen LogP contribution is 2.12. The summed E-state index contributed by atoms with van der Waals surface area (Å²) in [7, 11) is 1.78. The van der Waals surface area contributed by atoms with E-state index in [1.54, 1.807) is 31.4 Å². The van der Waals surface area contributed by atoms with E-state index in [2.05, 4.69) is 11.4 Å². The van der Waals surface area contributed by atoms with Crippen molar-refractivity contribution in [3.63, 3.8) is 0 Å². The topological polar surface area (TPSA) is 59.7 Å². The normalized spacial score (nSPS) is 10.4. The van der Waals surface area contributed by atoms with E-state index in [0.29, 0.717) is 5.56 Å². The Morgan fingerprint density at radius 2 is 2.36 bits per heavy atom. The van der Waals surface area contributed by atoms with Gasteiger partial charge in [-0.3, -0.25) is 0 Å². The highest BCUT2D eigenvalue weighted by molar-refractivity contribution is 6.08. The van der Waals surface area contributed by atoms with Gasteiger partial charge in [0.1, 0.15) is 0 Å². The van der Waals surface area contributed by atoms with Crippen LogP contribution in [-0.2, 0) is 0 Å². The predicted octanol–water partition coefficient (Wildman–Crippen LogP) is 1.77. The molecule has 1 rings (SSSR count). The summed E-state index contributed by atoms with van der Waals surface area (Å²) >= 11 is 0. The van der Waals surface area contributed by atoms with Crippen LogP contribution in [0.1, 0.15) is 11.1 Å². The highest BCUT2D eigenvalue weighted by atomic mass is 14.8. The first kappa shape index (κ1) is 10.0. The number of nitriles is 1. The van der Waals surface area contributed by atoms with Gasteiger partial charge in [0.2, 0.25) is 0 Å². The Morgan fingerprint density at radius 1 is 1.57 bits per heavy atom. The van der Waals surface area contributed by atoms with Crippen molar-refractivity contribution in [3.05, 3.63) is 41.6 Å². The lowest BCUT2D eigenvalue weighted by Gasteiger charge is -2.01. The third-order valence-corrected chi connectivity index (χ3v) is 1.78. The van der Waals surface area contributed by atoms with E-state index in [0.717, 1.165) is 11.1 Å². The van der Waals surface area contributed by atoms with Crippen LogP contribution in [0.5, 0.6) is 0 Å². The quantitative estimate of drug-likeness (QED) is 0.705. The monoisotopic (exact) mass is 185 g/mol. The first-order valence-corrected chi connectivity index (χ1v) is 4.20. The van der Waals surface area contributed by atoms with E-state index in [4.69, 9.17) is 10.7 Å². The van der Waals surface area contributed by atoms with Crippen LogP contribution in [-0.4, -0.2) is 13.3 Å². The van der Waals surface area contributed by atoms with Crippen molar-refractivity contribution in [1.82, 2.24) is 5.32 Å². The molecule has 0 radical (unpaired) electrons. The van der Waals surface area contributed by atoms with Crippen molar-refractivity contribution >= 4 is 11.8 Å². The van der Waals surface area contributed by atoms with Crippen molar-refractivity contribution in [2.24, 2.45) is 0 Å². The van der Waals surface area contributed by atoms with E-state index in [1.165, 1.54) is 6.21 Å². The van der Waals surface area contributed by atoms with Crippen LogP contribution < -0.4 is 5.32 Å². The molecule has 0 atom stereocenters. The molecule has 0 saturated heterocycles. The number of hydrogen-bond acceptors (Lipinski definition) is 3. The molecule has 0 aliphatic rings. The SMILES string of the molecule is CN/C=C(\C=N)c1cccc(C#N)c1. The van der Waals surface area contributed by atoms with Crippen LogP contribution in [0.15, 0.2) is 30.5 Å². The smallest absolute Gasteiger partial charge is 0.0991 e. The Balaban J connectivity index is 3.12. The minimum atomic E-state index is 0.603. The van der Waals surface area contributed by atoms with Crippen molar-refractivity contribution in [2.45, 2.75) is 0 Å². The summed E-state index contributed by atoms with van der Waals surface area (Å²) < 4.78 is 0. The molecule has 0 saturated carbocycles. The Labute approximate surface area is 83.2 Å². The average molecular weight is 185 g/mol. The Bertz CT molecular complexity index is 399. The van der Waals surface area contributed by atoms with Crippen molar-refractivity contribution in [3.8, 4) is 6.07 Å². The first-order chi connectivity index (χ1) is 6.81. The Kier molecular flexibility index (Phi) is 3.45. The molecule has 0 unspecified atom stereocenters. The van der Waals surface area contributed by atoms with Crippen LogP contribution >= 0.6 is 0 Å². The zero-order valence-corrected chi connectivity index (χ0v) is 7.91. The second-order valence-corrected chi connectivity index (χ2v) is 2.73. The summed E-state index contributed by atoms with van der Waals surface area (Å²) in [6.07, 6.45) is 2.98. The van der Waals surface area contributed by atoms with Crippen molar-refractivity contribution in [1.29, 1.82) is 10.7 Å². The molecular weight excluding hydrogens is 174 g/mol. The summed E-state index contributed by atoms with van der Waals surface area (Å²) in [5.74, 6) is 0. The fourth-order valence-electron chi connectivity index (χ4n) is 1.13. The first-order valence-electron chi connectivity index (χ1n) is 4.20. The molecule has 0 spiro atoms. The number of nitrogens with one attached hydrogen (secondary N) is 2. The van der Waals surface area contributed by atoms with E-state index in [1.807, 2.05) is 6.07 Å². The summed E-state index contributed by atoms with van der Waals surface area (Å²) in [6.45, 7) is 0. The number of allylic oxidation sites excluding steroid dienone is 1. The van der Waals surface area contributed by atoms with Crippen molar-refractivity contribution < 1.29 is 0 Å². The lowest BCUT2D eigenvalue weighted by Crippen LogP contribution is -1.97. The molecule has 0 aromatic heterocycles. The molecule has 1 aromatic rings. The average Bonchev–Trinajstić information content (AvgIpc) is 2.26. The lowest BCUT2D eigenvalue weighted by molar-refractivity contribution is 1.11. The summed E-state index contributed by atoms with van der Waals surface area (Å²) in [6, 6.07) is 9.24. The van der Waals surface area contributed by atoms with Gasteiger partial charge in [-0.1, -0.05) is 12.1 Å². The number of rotatable bonds is 3. The molecule has 2 N–H and O–H groups in total. The van der Waals surface area contributed by atoms with Crippen LogP contribution in [0, 0.1) is 16.7 Å². The van der Waals surface area contributed by atoms with Gasteiger partial charge in [-0.25, -0.2) is 0 Å². The zero-order chi connectivity index (χ0) is 10.4. The standard InChI is InChI=1S/C11H11N3/c1-14-8-11(7-13)10-4-2-3-9(5-10)6-12/h2-5,7-8,13-14H,1H3/b11-8+,13-7?. The molecule has 70 valence electrons. The number of hydrogen-bond donors (Lipinski definition) is 2. The van der Waals surface area contributed by atoms with Gasteiger partial charge < -0.3 is 10.7 Å². The number of nitrogens with zero attached hydrogens (tertiary/aromatic N) is 1. The molecule has 0 aliphatic carbocycles. The van der Waals surface area contributed by atoms with Crippen LogP contribution in [0.2, 0.25) is 0 Å². The van der Waals surface area contributed by atoms with Crippen molar-refractivity contribution in [2.75, 3.05) is 7.05 Å². The minimum Gasteiger partial charge on any atom is -0.393 e. The molecule has 3 heteroatoms. The largest absolute Gasteiger partial charge is 0.393 e. The molecule has 0 bridgehead atoms. The van der Waals surface area contributed by atoms with Gasteiger partial charge in [0.25, 0.3) is 0 Å². The Morgan fingerprint density at radius 3 is 2.93 bits per heavy atom. The summed E-state index contributed by atoms with van der Waals surface area (Å²) in [4.78, 5) is 0. The predicted molar refractivity (Wildman–Crippen MR) is 57.0 cm³/mol. The van der Waals surface area contributed by atoms with E-state index in [-0.39, 0.29) is 0 Å². The molecule has 0 amide bonds. The maximum Gasteiger partial charge on any atom is 0.0991 e. The molecule has 3 nitrogen and oxygen atoms in total. The fourth-order valence-corrected chi connectivity index (χ4v) is 1.13. The maximum atomic E-state index is 8.70. The van der Waals surface area contributed by atoms with E-state index in [9.17, 15) is 0 Å². The Hall–Kier alpha value is -2.08. The van der Waals surface area contributed by atoms with Gasteiger partial charge in [-0.05, 0) is 17.7 Å². The van der Waals surface area contributed by atoms with Gasteiger partial charge in [0.15, 0.2) is 0 Å². The molecule has 0 heterocycles. The summed E-state index contributed by atoms with van der Waals surface area (Å²) in [5.41, 5.74) is 2.23. The molecular formula is C11H11N3. The van der Waals surface area contributed by atoms with Crippen LogP contribution in [0.4, 0.5) is 0 Å². The summed E-state index contributed by atoms with van der Waals surface area (Å²) in [5, 5.41) is 18.8. The van der Waals surface area contributed by atoms with Gasteiger partial charge in [0, 0.05) is 25.0 Å². The van der Waals surface area contributed by atoms with Gasteiger partial charge in [0.05, 0.1) is 11.6 Å². The number of benzene rings is 1. The van der Waals surface area contributed by atoms with Crippen LogP contribution in [0.25, 0.3) is 5.57 Å². The lowest BCUT2D eigenvalue weighted by atomic mass is 10.1. The molecule has 1 aromatic carbocycles. The zero-order valence-electron chi connectivity index (χ0n) is 7.91. The third-order valence-electron chi connectivity index (χ3n) is 1.78. The van der Waals surface area contributed by atoms with Gasteiger partial charge >= 0.3 is 0 Å². The minimum absolute atomic E-state index is 0.603. The van der Waals surface area contributed by atoms with Crippen LogP contribution in [0.3, 0.4) is 0 Å².